The zero-order valence-corrected chi connectivity index (χ0v) is 11.6. The molecule has 2 atom stereocenters. The van der Waals surface area contributed by atoms with Crippen LogP contribution < -0.4 is 15.8 Å². The minimum Gasteiger partial charge on any atom is -0.495 e. The number of carbonyl (C=O) groups is 1. The van der Waals surface area contributed by atoms with Crippen LogP contribution in [0.3, 0.4) is 0 Å². The average Bonchev–Trinajstić information content (AvgIpc) is 2.39. The zero-order valence-electron chi connectivity index (χ0n) is 11.6. The lowest BCUT2D eigenvalue weighted by atomic mass is 9.84. The van der Waals surface area contributed by atoms with E-state index in [9.17, 15) is 4.79 Å². The SMILES string of the molecule is COc1ccc(C)cc1NC(=O)C1CCCCC1N. The topological polar surface area (TPSA) is 64.3 Å². The fourth-order valence-corrected chi connectivity index (χ4v) is 2.63. The summed E-state index contributed by atoms with van der Waals surface area (Å²) >= 11 is 0. The zero-order chi connectivity index (χ0) is 13.8. The third-order valence-corrected chi connectivity index (χ3v) is 3.77. The summed E-state index contributed by atoms with van der Waals surface area (Å²) in [6, 6.07) is 5.72. The third kappa shape index (κ3) is 3.26. The fourth-order valence-electron chi connectivity index (χ4n) is 2.63. The Bertz CT molecular complexity index is 459. The van der Waals surface area contributed by atoms with Gasteiger partial charge in [-0.15, -0.1) is 0 Å². The molecule has 0 saturated heterocycles. The molecule has 1 aromatic carbocycles. The highest BCUT2D eigenvalue weighted by Gasteiger charge is 2.28. The van der Waals surface area contributed by atoms with Gasteiger partial charge in [-0.1, -0.05) is 18.9 Å². The van der Waals surface area contributed by atoms with Crippen molar-refractivity contribution in [3.8, 4) is 5.75 Å². The van der Waals surface area contributed by atoms with Gasteiger partial charge in [0.25, 0.3) is 0 Å². The van der Waals surface area contributed by atoms with E-state index in [-0.39, 0.29) is 17.9 Å². The molecule has 1 amide bonds. The van der Waals surface area contributed by atoms with Crippen LogP contribution in [0.1, 0.15) is 31.2 Å². The summed E-state index contributed by atoms with van der Waals surface area (Å²) in [5, 5.41) is 2.96. The van der Waals surface area contributed by atoms with Gasteiger partial charge < -0.3 is 15.8 Å². The predicted molar refractivity (Wildman–Crippen MR) is 76.3 cm³/mol. The minimum atomic E-state index is -0.0843. The Morgan fingerprint density at radius 3 is 2.79 bits per heavy atom. The maximum atomic E-state index is 12.3. The highest BCUT2D eigenvalue weighted by atomic mass is 16.5. The summed E-state index contributed by atoms with van der Waals surface area (Å²) in [6.45, 7) is 1.99. The van der Waals surface area contributed by atoms with Gasteiger partial charge in [-0.05, 0) is 37.5 Å². The number of amides is 1. The van der Waals surface area contributed by atoms with Gasteiger partial charge in [0.15, 0.2) is 0 Å². The van der Waals surface area contributed by atoms with Crippen molar-refractivity contribution in [3.05, 3.63) is 23.8 Å². The van der Waals surface area contributed by atoms with Crippen LogP contribution in [0.2, 0.25) is 0 Å². The Morgan fingerprint density at radius 1 is 1.37 bits per heavy atom. The standard InChI is InChI=1S/C15H22N2O2/c1-10-7-8-14(19-2)13(9-10)17-15(18)11-5-3-4-6-12(11)16/h7-9,11-12H,3-6,16H2,1-2H3,(H,17,18). The van der Waals surface area contributed by atoms with Gasteiger partial charge in [-0.3, -0.25) is 4.79 Å². The fraction of sp³-hybridized carbons (Fsp3) is 0.533. The van der Waals surface area contributed by atoms with Crippen molar-refractivity contribution < 1.29 is 9.53 Å². The van der Waals surface area contributed by atoms with Crippen molar-refractivity contribution >= 4 is 11.6 Å². The Kier molecular flexibility index (Phi) is 4.43. The van der Waals surface area contributed by atoms with Gasteiger partial charge in [0.2, 0.25) is 5.91 Å². The lowest BCUT2D eigenvalue weighted by Crippen LogP contribution is -2.40. The van der Waals surface area contributed by atoms with E-state index < -0.39 is 0 Å². The molecule has 3 N–H and O–H groups in total. The molecule has 0 radical (unpaired) electrons. The maximum Gasteiger partial charge on any atom is 0.229 e. The van der Waals surface area contributed by atoms with Gasteiger partial charge in [-0.25, -0.2) is 0 Å². The van der Waals surface area contributed by atoms with E-state index in [0.29, 0.717) is 5.75 Å². The molecule has 2 unspecified atom stereocenters. The largest absolute Gasteiger partial charge is 0.495 e. The van der Waals surface area contributed by atoms with Crippen molar-refractivity contribution in [2.45, 2.75) is 38.6 Å². The van der Waals surface area contributed by atoms with Crippen molar-refractivity contribution in [2.24, 2.45) is 11.7 Å². The number of hydrogen-bond donors (Lipinski definition) is 2. The molecule has 0 bridgehead atoms. The molecular formula is C15H22N2O2. The molecule has 4 heteroatoms. The van der Waals surface area contributed by atoms with Gasteiger partial charge in [0.05, 0.1) is 18.7 Å². The molecule has 2 rings (SSSR count). The Balaban J connectivity index is 2.11. The average molecular weight is 262 g/mol. The van der Waals surface area contributed by atoms with Crippen LogP contribution in [0.5, 0.6) is 5.75 Å². The Hall–Kier alpha value is -1.55. The second-order valence-corrected chi connectivity index (χ2v) is 5.25. The molecule has 0 aliphatic heterocycles. The van der Waals surface area contributed by atoms with E-state index in [4.69, 9.17) is 10.5 Å². The number of rotatable bonds is 3. The van der Waals surface area contributed by atoms with Crippen LogP contribution in [0, 0.1) is 12.8 Å². The summed E-state index contributed by atoms with van der Waals surface area (Å²) in [4.78, 5) is 12.3. The molecule has 1 saturated carbocycles. The second-order valence-electron chi connectivity index (χ2n) is 5.25. The maximum absolute atomic E-state index is 12.3. The van der Waals surface area contributed by atoms with E-state index in [1.165, 1.54) is 0 Å². The number of hydrogen-bond acceptors (Lipinski definition) is 3. The van der Waals surface area contributed by atoms with E-state index in [1.807, 2.05) is 25.1 Å². The molecule has 4 nitrogen and oxygen atoms in total. The van der Waals surface area contributed by atoms with Crippen LogP contribution in [-0.4, -0.2) is 19.1 Å². The van der Waals surface area contributed by atoms with Gasteiger partial charge >= 0.3 is 0 Å². The van der Waals surface area contributed by atoms with Gasteiger partial charge in [0.1, 0.15) is 5.75 Å². The van der Waals surface area contributed by atoms with Crippen molar-refractivity contribution in [1.29, 1.82) is 0 Å². The van der Waals surface area contributed by atoms with E-state index in [0.717, 1.165) is 36.9 Å². The molecule has 1 fully saturated rings. The minimum absolute atomic E-state index is 0.0103. The van der Waals surface area contributed by atoms with Crippen LogP contribution in [0.15, 0.2) is 18.2 Å². The molecular weight excluding hydrogens is 240 g/mol. The first-order valence-electron chi connectivity index (χ1n) is 6.83. The molecule has 0 aromatic heterocycles. The molecule has 0 heterocycles. The van der Waals surface area contributed by atoms with Gasteiger partial charge in [-0.2, -0.15) is 0 Å². The van der Waals surface area contributed by atoms with Crippen LogP contribution >= 0.6 is 0 Å². The normalized spacial score (nSPS) is 22.9. The smallest absolute Gasteiger partial charge is 0.229 e. The second kappa shape index (κ2) is 6.06. The van der Waals surface area contributed by atoms with Crippen LogP contribution in [0.4, 0.5) is 5.69 Å². The summed E-state index contributed by atoms with van der Waals surface area (Å²) < 4.78 is 5.27. The highest BCUT2D eigenvalue weighted by Crippen LogP contribution is 2.28. The van der Waals surface area contributed by atoms with Crippen molar-refractivity contribution in [3.63, 3.8) is 0 Å². The lowest BCUT2D eigenvalue weighted by molar-refractivity contribution is -0.121. The van der Waals surface area contributed by atoms with Crippen LogP contribution in [0.25, 0.3) is 0 Å². The van der Waals surface area contributed by atoms with E-state index in [2.05, 4.69) is 5.32 Å². The molecule has 1 aromatic rings. The summed E-state index contributed by atoms with van der Waals surface area (Å²) in [6.07, 6.45) is 4.01. The molecule has 1 aliphatic carbocycles. The highest BCUT2D eigenvalue weighted by molar-refractivity contribution is 5.94. The number of aryl methyl sites for hydroxylation is 1. The summed E-state index contributed by atoms with van der Waals surface area (Å²) in [5.41, 5.74) is 7.86. The molecule has 19 heavy (non-hydrogen) atoms. The summed E-state index contributed by atoms with van der Waals surface area (Å²) in [7, 11) is 1.60. The van der Waals surface area contributed by atoms with Crippen molar-refractivity contribution in [2.75, 3.05) is 12.4 Å². The lowest BCUT2D eigenvalue weighted by Gasteiger charge is -2.27. The number of methoxy groups -OCH3 is 1. The van der Waals surface area contributed by atoms with E-state index >= 15 is 0 Å². The van der Waals surface area contributed by atoms with Gasteiger partial charge in [0, 0.05) is 6.04 Å². The van der Waals surface area contributed by atoms with Crippen LogP contribution in [-0.2, 0) is 4.79 Å². The molecule has 1 aliphatic rings. The first-order chi connectivity index (χ1) is 9.11. The third-order valence-electron chi connectivity index (χ3n) is 3.77. The van der Waals surface area contributed by atoms with E-state index in [1.54, 1.807) is 7.11 Å². The number of anilines is 1. The first kappa shape index (κ1) is 13.9. The Morgan fingerprint density at radius 2 is 2.11 bits per heavy atom. The number of nitrogens with one attached hydrogen (secondary N) is 1. The number of nitrogens with two attached hydrogens (primary N) is 1. The number of ether oxygens (including phenoxy) is 1. The molecule has 104 valence electrons. The number of carbonyl (C=O) groups excluding carboxylic acids is 1. The van der Waals surface area contributed by atoms with Crippen molar-refractivity contribution in [1.82, 2.24) is 0 Å². The predicted octanol–water partition coefficient (Wildman–Crippen LogP) is 2.46. The Labute approximate surface area is 114 Å². The first-order valence-corrected chi connectivity index (χ1v) is 6.83. The monoisotopic (exact) mass is 262 g/mol. The quantitative estimate of drug-likeness (QED) is 0.879. The molecule has 0 spiro atoms. The number of benzene rings is 1. The summed E-state index contributed by atoms with van der Waals surface area (Å²) in [5.74, 6) is 0.610.